The maximum atomic E-state index is 5.79. The molecule has 0 amide bonds. The molecule has 0 fully saturated rings. The van der Waals surface area contributed by atoms with E-state index in [9.17, 15) is 0 Å². The Labute approximate surface area is 97.5 Å². The summed E-state index contributed by atoms with van der Waals surface area (Å²) < 4.78 is 0. The molecule has 0 aliphatic rings. The second-order valence-corrected chi connectivity index (χ2v) is 4.45. The van der Waals surface area contributed by atoms with Crippen LogP contribution in [-0.4, -0.2) is 4.98 Å². The summed E-state index contributed by atoms with van der Waals surface area (Å²) in [7, 11) is 0. The molecule has 0 aliphatic heterocycles. The van der Waals surface area contributed by atoms with Gasteiger partial charge in [0.2, 0.25) is 0 Å². The van der Waals surface area contributed by atoms with Crippen molar-refractivity contribution in [3.05, 3.63) is 47.6 Å². The number of pyridine rings is 1. The van der Waals surface area contributed by atoms with E-state index in [4.69, 9.17) is 17.3 Å². The monoisotopic (exact) mass is 236 g/mol. The number of benzene rings is 1. The quantitative estimate of drug-likeness (QED) is 0.641. The van der Waals surface area contributed by atoms with Gasteiger partial charge in [0.25, 0.3) is 0 Å². The zero-order chi connectivity index (χ0) is 10.7. The second kappa shape index (κ2) is 4.55. The fraction of sp³-hybridized carbons (Fsp3) is 0. The smallest absolute Gasteiger partial charge is 0.130 e. The molecule has 2 N–H and O–H groups in total. The van der Waals surface area contributed by atoms with E-state index in [0.717, 1.165) is 15.6 Å². The molecule has 0 saturated heterocycles. The highest BCUT2D eigenvalue weighted by molar-refractivity contribution is 7.99. The summed E-state index contributed by atoms with van der Waals surface area (Å²) in [5.41, 5.74) is 6.36. The molecular formula is C11H9ClN2S. The van der Waals surface area contributed by atoms with Crippen LogP contribution in [0.4, 0.5) is 5.69 Å². The van der Waals surface area contributed by atoms with Crippen LogP contribution in [0.3, 0.4) is 0 Å². The summed E-state index contributed by atoms with van der Waals surface area (Å²) in [6.07, 6.45) is 0. The number of nitrogens with two attached hydrogens (primary N) is 1. The Kier molecular flexibility index (Phi) is 3.14. The third kappa shape index (κ3) is 2.88. The Morgan fingerprint density at radius 2 is 1.80 bits per heavy atom. The first-order valence-electron chi connectivity index (χ1n) is 4.40. The van der Waals surface area contributed by atoms with Gasteiger partial charge in [-0.3, -0.25) is 0 Å². The molecule has 0 spiro atoms. The molecule has 76 valence electrons. The SMILES string of the molecule is Nc1ccc(Sc2cccc(Cl)n2)cc1. The Morgan fingerprint density at radius 3 is 2.47 bits per heavy atom. The number of nitrogen functional groups attached to an aromatic ring is 1. The van der Waals surface area contributed by atoms with Crippen molar-refractivity contribution in [2.24, 2.45) is 0 Å². The highest BCUT2D eigenvalue weighted by Gasteiger charge is 1.99. The molecule has 15 heavy (non-hydrogen) atoms. The summed E-state index contributed by atoms with van der Waals surface area (Å²) in [6, 6.07) is 13.2. The van der Waals surface area contributed by atoms with Crippen LogP contribution in [0, 0.1) is 0 Å². The molecule has 0 bridgehead atoms. The van der Waals surface area contributed by atoms with Gasteiger partial charge in [-0.2, -0.15) is 0 Å². The normalized spacial score (nSPS) is 10.2. The van der Waals surface area contributed by atoms with Crippen LogP contribution in [0.25, 0.3) is 0 Å². The fourth-order valence-electron chi connectivity index (χ4n) is 1.10. The van der Waals surface area contributed by atoms with E-state index in [1.807, 2.05) is 36.4 Å². The molecule has 2 rings (SSSR count). The van der Waals surface area contributed by atoms with Crippen molar-refractivity contribution in [1.29, 1.82) is 0 Å². The molecule has 1 aromatic heterocycles. The molecule has 2 nitrogen and oxygen atoms in total. The minimum Gasteiger partial charge on any atom is -0.399 e. The number of hydrogen-bond acceptors (Lipinski definition) is 3. The van der Waals surface area contributed by atoms with Crippen molar-refractivity contribution >= 4 is 29.1 Å². The maximum Gasteiger partial charge on any atom is 0.130 e. The lowest BCUT2D eigenvalue weighted by Crippen LogP contribution is -1.83. The number of anilines is 1. The number of rotatable bonds is 2. The summed E-state index contributed by atoms with van der Waals surface area (Å²) in [5, 5.41) is 1.39. The number of aromatic nitrogens is 1. The Hall–Kier alpha value is -1.19. The molecule has 0 aliphatic carbocycles. The summed E-state index contributed by atoms with van der Waals surface area (Å²) >= 11 is 7.35. The average molecular weight is 237 g/mol. The zero-order valence-electron chi connectivity index (χ0n) is 7.85. The Balaban J connectivity index is 2.18. The lowest BCUT2D eigenvalue weighted by atomic mass is 10.3. The average Bonchev–Trinajstić information content (AvgIpc) is 2.22. The Bertz CT molecular complexity index is 456. The summed E-state index contributed by atoms with van der Waals surface area (Å²) in [5.74, 6) is 0. The highest BCUT2D eigenvalue weighted by atomic mass is 35.5. The van der Waals surface area contributed by atoms with Crippen molar-refractivity contribution in [3.63, 3.8) is 0 Å². The van der Waals surface area contributed by atoms with Crippen molar-refractivity contribution in [2.75, 3.05) is 5.73 Å². The molecule has 1 heterocycles. The number of hydrogen-bond donors (Lipinski definition) is 1. The first-order chi connectivity index (χ1) is 7.24. The first-order valence-corrected chi connectivity index (χ1v) is 5.59. The predicted octanol–water partition coefficient (Wildman–Crippen LogP) is 3.47. The van der Waals surface area contributed by atoms with E-state index in [0.29, 0.717) is 5.15 Å². The highest BCUT2D eigenvalue weighted by Crippen LogP contribution is 2.27. The van der Waals surface area contributed by atoms with Crippen LogP contribution >= 0.6 is 23.4 Å². The molecule has 0 atom stereocenters. The van der Waals surface area contributed by atoms with Gasteiger partial charge in [0.1, 0.15) is 10.2 Å². The van der Waals surface area contributed by atoms with Crippen molar-refractivity contribution < 1.29 is 0 Å². The van der Waals surface area contributed by atoms with E-state index >= 15 is 0 Å². The lowest BCUT2D eigenvalue weighted by Gasteiger charge is -2.01. The minimum atomic E-state index is 0.510. The van der Waals surface area contributed by atoms with Crippen LogP contribution in [0.15, 0.2) is 52.4 Å². The standard InChI is InChI=1S/C11H9ClN2S/c12-10-2-1-3-11(14-10)15-9-6-4-8(13)5-7-9/h1-7H,13H2. The summed E-state index contributed by atoms with van der Waals surface area (Å²) in [4.78, 5) is 5.28. The van der Waals surface area contributed by atoms with Crippen LogP contribution in [0.1, 0.15) is 0 Å². The molecule has 1 aromatic carbocycles. The molecule has 0 unspecified atom stereocenters. The van der Waals surface area contributed by atoms with Crippen LogP contribution < -0.4 is 5.73 Å². The first kappa shape index (κ1) is 10.3. The van der Waals surface area contributed by atoms with E-state index in [-0.39, 0.29) is 0 Å². The topological polar surface area (TPSA) is 38.9 Å². The van der Waals surface area contributed by atoms with Gasteiger partial charge in [0, 0.05) is 10.6 Å². The molecule has 2 aromatic rings. The van der Waals surface area contributed by atoms with Gasteiger partial charge >= 0.3 is 0 Å². The van der Waals surface area contributed by atoms with Crippen LogP contribution in [0.2, 0.25) is 5.15 Å². The molecule has 4 heteroatoms. The number of nitrogens with zero attached hydrogens (tertiary/aromatic N) is 1. The van der Waals surface area contributed by atoms with Crippen LogP contribution in [-0.2, 0) is 0 Å². The molecular weight excluding hydrogens is 228 g/mol. The largest absolute Gasteiger partial charge is 0.399 e. The van der Waals surface area contributed by atoms with Crippen molar-refractivity contribution in [2.45, 2.75) is 9.92 Å². The van der Waals surface area contributed by atoms with Gasteiger partial charge in [0.15, 0.2) is 0 Å². The lowest BCUT2D eigenvalue weighted by molar-refractivity contribution is 1.13. The Morgan fingerprint density at radius 1 is 1.07 bits per heavy atom. The van der Waals surface area contributed by atoms with E-state index in [2.05, 4.69) is 4.98 Å². The fourth-order valence-corrected chi connectivity index (χ4v) is 2.12. The van der Waals surface area contributed by atoms with E-state index in [1.165, 1.54) is 0 Å². The predicted molar refractivity (Wildman–Crippen MR) is 64.2 cm³/mol. The maximum absolute atomic E-state index is 5.79. The zero-order valence-corrected chi connectivity index (χ0v) is 9.42. The van der Waals surface area contributed by atoms with Gasteiger partial charge in [-0.05, 0) is 36.4 Å². The second-order valence-electron chi connectivity index (χ2n) is 2.97. The van der Waals surface area contributed by atoms with Gasteiger partial charge in [-0.15, -0.1) is 0 Å². The van der Waals surface area contributed by atoms with Gasteiger partial charge < -0.3 is 5.73 Å². The van der Waals surface area contributed by atoms with E-state index in [1.54, 1.807) is 17.8 Å². The van der Waals surface area contributed by atoms with Gasteiger partial charge in [-0.25, -0.2) is 4.98 Å². The van der Waals surface area contributed by atoms with E-state index < -0.39 is 0 Å². The van der Waals surface area contributed by atoms with Crippen molar-refractivity contribution in [3.8, 4) is 0 Å². The molecule has 0 radical (unpaired) electrons. The molecule has 0 saturated carbocycles. The van der Waals surface area contributed by atoms with Crippen molar-refractivity contribution in [1.82, 2.24) is 4.98 Å². The van der Waals surface area contributed by atoms with Gasteiger partial charge in [-0.1, -0.05) is 29.4 Å². The third-order valence-corrected chi connectivity index (χ3v) is 2.95. The minimum absolute atomic E-state index is 0.510. The van der Waals surface area contributed by atoms with Gasteiger partial charge in [0.05, 0.1) is 0 Å². The summed E-state index contributed by atoms with van der Waals surface area (Å²) in [6.45, 7) is 0. The third-order valence-electron chi connectivity index (χ3n) is 1.79. The van der Waals surface area contributed by atoms with Crippen LogP contribution in [0.5, 0.6) is 0 Å². The number of halogens is 1.